The average molecular weight is 963 g/mol. The summed E-state index contributed by atoms with van der Waals surface area (Å²) >= 11 is 0. The van der Waals surface area contributed by atoms with E-state index in [9.17, 15) is 23.7 Å². The minimum Gasteiger partial charge on any atom is -0.309 e. The average Bonchev–Trinajstić information content (AvgIpc) is 3.91. The third kappa shape index (κ3) is 7.87. The van der Waals surface area contributed by atoms with Crippen molar-refractivity contribution in [2.45, 2.75) is 33.9 Å². The van der Waals surface area contributed by atoms with Crippen LogP contribution in [-0.4, -0.2) is 9.13 Å². The molecule has 12 aromatic rings. The number of fused-ring (bicyclic) bond motifs is 6. The van der Waals surface area contributed by atoms with Crippen molar-refractivity contribution in [1.29, 1.82) is 10.5 Å². The number of alkyl halides is 3. The molecule has 0 amide bonds. The molecule has 354 valence electrons. The van der Waals surface area contributed by atoms with Gasteiger partial charge in [-0.1, -0.05) is 150 Å². The van der Waals surface area contributed by atoms with E-state index in [1.165, 1.54) is 6.07 Å². The van der Waals surface area contributed by atoms with Crippen molar-refractivity contribution in [2.75, 3.05) is 0 Å². The van der Waals surface area contributed by atoms with Crippen LogP contribution in [-0.2, 0) is 6.18 Å². The molecule has 2 heterocycles. The molecule has 0 aliphatic rings. The number of nitrogens with zero attached hydrogens (tertiary/aromatic N) is 4. The first-order valence-corrected chi connectivity index (χ1v) is 24.5. The van der Waals surface area contributed by atoms with Gasteiger partial charge in [-0.25, -0.2) is 0 Å². The molecule has 0 aliphatic carbocycles. The van der Waals surface area contributed by atoms with Gasteiger partial charge in [-0.3, -0.25) is 0 Å². The molecule has 0 unspecified atom stereocenters. The Morgan fingerprint density at radius 1 is 0.338 bits per heavy atom. The summed E-state index contributed by atoms with van der Waals surface area (Å²) in [6, 6.07) is 70.7. The molecule has 12 rings (SSSR count). The summed E-state index contributed by atoms with van der Waals surface area (Å²) in [5, 5.41) is 26.1. The lowest BCUT2D eigenvalue weighted by Crippen LogP contribution is -2.07. The number of hydrogen-bond acceptors (Lipinski definition) is 2. The van der Waals surface area contributed by atoms with Gasteiger partial charge in [-0.2, -0.15) is 23.7 Å². The molecule has 2 aromatic heterocycles. The normalized spacial score (nSPS) is 11.7. The zero-order chi connectivity index (χ0) is 51.0. The van der Waals surface area contributed by atoms with Gasteiger partial charge in [-0.15, -0.1) is 0 Å². The van der Waals surface area contributed by atoms with E-state index in [4.69, 9.17) is 0 Å². The van der Waals surface area contributed by atoms with Crippen molar-refractivity contribution in [1.82, 2.24) is 9.13 Å². The third-order valence-corrected chi connectivity index (χ3v) is 14.4. The van der Waals surface area contributed by atoms with Crippen LogP contribution in [0, 0.1) is 50.4 Å². The van der Waals surface area contributed by atoms with Crippen molar-refractivity contribution in [3.63, 3.8) is 0 Å². The van der Waals surface area contributed by atoms with Crippen molar-refractivity contribution in [2.24, 2.45) is 0 Å². The minimum atomic E-state index is -4.68. The Labute approximate surface area is 426 Å². The largest absolute Gasteiger partial charge is 0.416 e. The van der Waals surface area contributed by atoms with Gasteiger partial charge >= 0.3 is 6.18 Å². The highest BCUT2D eigenvalue weighted by atomic mass is 19.4. The molecule has 0 saturated carbocycles. The number of aromatic nitrogens is 2. The third-order valence-electron chi connectivity index (χ3n) is 14.4. The highest BCUT2D eigenvalue weighted by Gasteiger charge is 2.32. The molecule has 0 saturated heterocycles. The fraction of sp³-hybridized carbons (Fsp3) is 0.0746. The van der Waals surface area contributed by atoms with E-state index in [1.807, 2.05) is 24.3 Å². The summed E-state index contributed by atoms with van der Waals surface area (Å²) in [6.45, 7) is 8.29. The number of nitriles is 2. The van der Waals surface area contributed by atoms with Crippen LogP contribution in [0.15, 0.2) is 200 Å². The summed E-state index contributed by atoms with van der Waals surface area (Å²) in [7, 11) is 0. The predicted molar refractivity (Wildman–Crippen MR) is 296 cm³/mol. The lowest BCUT2D eigenvalue weighted by Gasteiger charge is -2.20. The van der Waals surface area contributed by atoms with E-state index in [-0.39, 0.29) is 5.56 Å². The summed E-state index contributed by atoms with van der Waals surface area (Å²) in [4.78, 5) is 0. The zero-order valence-electron chi connectivity index (χ0n) is 41.0. The van der Waals surface area contributed by atoms with E-state index >= 15 is 0 Å². The second-order valence-electron chi connectivity index (χ2n) is 19.4. The molecule has 0 spiro atoms. The molecule has 7 heteroatoms. The maximum Gasteiger partial charge on any atom is 0.416 e. The molecule has 0 bridgehead atoms. The Balaban J connectivity index is 1.18. The molecule has 0 N–H and O–H groups in total. The summed E-state index contributed by atoms with van der Waals surface area (Å²) in [5.41, 5.74) is 17.3. The fourth-order valence-corrected chi connectivity index (χ4v) is 10.9. The maximum atomic E-state index is 14.4. The van der Waals surface area contributed by atoms with Crippen LogP contribution in [0.3, 0.4) is 0 Å². The van der Waals surface area contributed by atoms with Gasteiger partial charge in [0.2, 0.25) is 0 Å². The highest BCUT2D eigenvalue weighted by molar-refractivity contribution is 6.14. The minimum absolute atomic E-state index is 0.145. The fourth-order valence-electron chi connectivity index (χ4n) is 10.9. The van der Waals surface area contributed by atoms with Gasteiger partial charge < -0.3 is 9.13 Å². The second kappa shape index (κ2) is 17.7. The molecule has 10 aromatic carbocycles. The Morgan fingerprint density at radius 3 is 1.03 bits per heavy atom. The lowest BCUT2D eigenvalue weighted by molar-refractivity contribution is -0.137. The van der Waals surface area contributed by atoms with Gasteiger partial charge in [0.05, 0.1) is 56.2 Å². The van der Waals surface area contributed by atoms with Crippen LogP contribution in [0.25, 0.3) is 111 Å². The van der Waals surface area contributed by atoms with Crippen molar-refractivity contribution < 1.29 is 13.2 Å². The van der Waals surface area contributed by atoms with Crippen molar-refractivity contribution in [3.05, 3.63) is 239 Å². The SMILES string of the molecule is Cc1cccc(-c2ccc3c(c2)c2cc(-c4cccc(C)c4)ccc2n3-c2cc(-c3ccc(C(F)(F)F)cc3C#N)c(-n3c4ccc(-c5cccc(C)c5)cc4c4cc(-c5cccc(C)c5)ccc43)cc2C#N)c1. The van der Waals surface area contributed by atoms with Gasteiger partial charge in [0.25, 0.3) is 0 Å². The van der Waals surface area contributed by atoms with E-state index in [0.29, 0.717) is 28.1 Å². The van der Waals surface area contributed by atoms with E-state index in [2.05, 4.69) is 207 Å². The van der Waals surface area contributed by atoms with Crippen LogP contribution in [0.4, 0.5) is 13.2 Å². The van der Waals surface area contributed by atoms with Gasteiger partial charge in [0, 0.05) is 32.7 Å². The zero-order valence-corrected chi connectivity index (χ0v) is 41.0. The first-order chi connectivity index (χ1) is 35.8. The number of rotatable bonds is 7. The summed E-state index contributed by atoms with van der Waals surface area (Å²) < 4.78 is 47.5. The van der Waals surface area contributed by atoms with Crippen LogP contribution >= 0.6 is 0 Å². The number of halogens is 3. The summed E-state index contributed by atoms with van der Waals surface area (Å²) in [6.07, 6.45) is -4.68. The number of aryl methyl sites for hydroxylation is 4. The van der Waals surface area contributed by atoms with Crippen LogP contribution < -0.4 is 0 Å². The van der Waals surface area contributed by atoms with Crippen LogP contribution in [0.5, 0.6) is 0 Å². The lowest BCUT2D eigenvalue weighted by atomic mass is 9.94. The maximum absolute atomic E-state index is 14.4. The molecule has 0 fully saturated rings. The van der Waals surface area contributed by atoms with E-state index in [1.54, 1.807) is 0 Å². The van der Waals surface area contributed by atoms with Gasteiger partial charge in [-0.05, 0) is 145 Å². The Hall–Kier alpha value is -9.43. The van der Waals surface area contributed by atoms with Gasteiger partial charge in [0.1, 0.15) is 6.07 Å². The smallest absolute Gasteiger partial charge is 0.309 e. The van der Waals surface area contributed by atoms with Gasteiger partial charge in [0.15, 0.2) is 0 Å². The molecule has 0 aliphatic heterocycles. The molecule has 74 heavy (non-hydrogen) atoms. The Morgan fingerprint density at radius 2 is 0.689 bits per heavy atom. The monoisotopic (exact) mass is 962 g/mol. The molecule has 0 radical (unpaired) electrons. The number of benzene rings is 10. The van der Waals surface area contributed by atoms with E-state index < -0.39 is 11.7 Å². The van der Waals surface area contributed by atoms with Crippen molar-refractivity contribution >= 4 is 43.6 Å². The molecule has 0 atom stereocenters. The standard InChI is InChI=1S/C67H45F3N4/c1-40-9-5-13-44(27-40)48-17-23-61-56(32-48)57-33-49(45-14-6-10-41(2)28-45)18-24-62(57)73(61)65-37-60(55-22-21-54(67(68,69)70)31-52(55)38-71)66(36-53(65)39-72)74-63-25-19-50(46-15-7-11-42(3)29-46)34-58(63)59-35-51(20-26-64(59)74)47-16-8-12-43(4)30-47/h5-37H,1-4H3. The second-order valence-corrected chi connectivity index (χ2v) is 19.4. The molecule has 4 nitrogen and oxygen atoms in total. The predicted octanol–water partition coefficient (Wildman–Crippen LogP) is 18.2. The Bertz CT molecular complexity index is 4180. The Kier molecular flexibility index (Phi) is 10.9. The quantitative estimate of drug-likeness (QED) is 0.160. The number of hydrogen-bond donors (Lipinski definition) is 0. The van der Waals surface area contributed by atoms with Crippen LogP contribution in [0.2, 0.25) is 0 Å². The highest BCUT2D eigenvalue weighted by Crippen LogP contribution is 2.45. The molecular weight excluding hydrogens is 918 g/mol. The van der Waals surface area contributed by atoms with E-state index in [0.717, 1.165) is 123 Å². The summed E-state index contributed by atoms with van der Waals surface area (Å²) in [5.74, 6) is 0. The van der Waals surface area contributed by atoms with Crippen molar-refractivity contribution in [3.8, 4) is 79.1 Å². The first kappa shape index (κ1) is 45.7. The van der Waals surface area contributed by atoms with Crippen LogP contribution in [0.1, 0.15) is 38.9 Å². The molecular formula is C67H45F3N4. The first-order valence-electron chi connectivity index (χ1n) is 24.5. The topological polar surface area (TPSA) is 57.4 Å².